The molecule has 0 bridgehead atoms. The smallest absolute Gasteiger partial charge is 0.232 e. The second-order valence-corrected chi connectivity index (χ2v) is 6.57. The highest BCUT2D eigenvalue weighted by Crippen LogP contribution is 2.34. The summed E-state index contributed by atoms with van der Waals surface area (Å²) in [4.78, 5) is 24.9. The lowest BCUT2D eigenvalue weighted by molar-refractivity contribution is -0.123. The fourth-order valence-corrected chi connectivity index (χ4v) is 3.35. The molecule has 0 fully saturated rings. The lowest BCUT2D eigenvalue weighted by Gasteiger charge is -2.25. The van der Waals surface area contributed by atoms with Gasteiger partial charge in [0.25, 0.3) is 0 Å². The Kier molecular flexibility index (Phi) is 4.22. The van der Waals surface area contributed by atoms with Crippen LogP contribution in [-0.2, 0) is 9.59 Å². The standard InChI is InChI=1S/C20H16ClN3O2/c21-13-7-8-17(18(11-13)24-9-3-4-10-24)23-20(26)15-12-19(25)22-16-6-2-1-5-14(15)16/h1-11,15H,12H2,(H,22,25)(H,23,26). The maximum atomic E-state index is 12.9. The number of carbonyl (C=O) groups is 2. The van der Waals surface area contributed by atoms with Crippen molar-refractivity contribution < 1.29 is 9.59 Å². The van der Waals surface area contributed by atoms with Gasteiger partial charge in [0.15, 0.2) is 0 Å². The van der Waals surface area contributed by atoms with Crippen LogP contribution in [-0.4, -0.2) is 16.4 Å². The van der Waals surface area contributed by atoms with Crippen molar-refractivity contribution in [3.63, 3.8) is 0 Å². The highest BCUT2D eigenvalue weighted by Gasteiger charge is 2.30. The van der Waals surface area contributed by atoms with E-state index in [1.54, 1.807) is 24.3 Å². The first-order valence-corrected chi connectivity index (χ1v) is 8.62. The number of hydrogen-bond donors (Lipinski definition) is 2. The van der Waals surface area contributed by atoms with Crippen molar-refractivity contribution in [2.24, 2.45) is 0 Å². The lowest BCUT2D eigenvalue weighted by Crippen LogP contribution is -2.31. The predicted octanol–water partition coefficient (Wildman–Crippen LogP) is 4.20. The maximum absolute atomic E-state index is 12.9. The fourth-order valence-electron chi connectivity index (χ4n) is 3.18. The summed E-state index contributed by atoms with van der Waals surface area (Å²) in [6.45, 7) is 0. The first-order valence-electron chi connectivity index (χ1n) is 8.24. The van der Waals surface area contributed by atoms with E-state index in [-0.39, 0.29) is 18.2 Å². The third-order valence-electron chi connectivity index (χ3n) is 4.42. The molecule has 1 aliphatic rings. The van der Waals surface area contributed by atoms with E-state index in [0.717, 1.165) is 11.3 Å². The highest BCUT2D eigenvalue weighted by molar-refractivity contribution is 6.31. The fraction of sp³-hybridized carbons (Fsp3) is 0.100. The summed E-state index contributed by atoms with van der Waals surface area (Å²) >= 11 is 6.13. The molecule has 0 saturated carbocycles. The number of aromatic nitrogens is 1. The van der Waals surface area contributed by atoms with Crippen LogP contribution in [0, 0.1) is 0 Å². The van der Waals surface area contributed by atoms with Gasteiger partial charge in [-0.25, -0.2) is 0 Å². The van der Waals surface area contributed by atoms with E-state index in [0.29, 0.717) is 16.4 Å². The van der Waals surface area contributed by atoms with Crippen LogP contribution in [0.15, 0.2) is 67.0 Å². The molecule has 5 nitrogen and oxygen atoms in total. The van der Waals surface area contributed by atoms with Gasteiger partial charge in [0, 0.05) is 29.5 Å². The van der Waals surface area contributed by atoms with E-state index in [1.165, 1.54) is 0 Å². The van der Waals surface area contributed by atoms with Crippen LogP contribution < -0.4 is 10.6 Å². The van der Waals surface area contributed by atoms with Gasteiger partial charge in [-0.1, -0.05) is 29.8 Å². The van der Waals surface area contributed by atoms with E-state index in [4.69, 9.17) is 11.6 Å². The molecule has 2 N–H and O–H groups in total. The van der Waals surface area contributed by atoms with Crippen molar-refractivity contribution in [1.82, 2.24) is 4.57 Å². The van der Waals surface area contributed by atoms with Gasteiger partial charge in [-0.05, 0) is 42.0 Å². The third kappa shape index (κ3) is 3.09. The number of para-hydroxylation sites is 1. The van der Waals surface area contributed by atoms with Gasteiger partial charge >= 0.3 is 0 Å². The van der Waals surface area contributed by atoms with Crippen molar-refractivity contribution >= 4 is 34.8 Å². The Labute approximate surface area is 155 Å². The SMILES string of the molecule is O=C1CC(C(=O)Nc2ccc(Cl)cc2-n2cccc2)c2ccccc2N1. The van der Waals surface area contributed by atoms with Gasteiger partial charge in [0.05, 0.1) is 17.3 Å². The van der Waals surface area contributed by atoms with E-state index >= 15 is 0 Å². The number of halogens is 1. The zero-order valence-electron chi connectivity index (χ0n) is 13.8. The molecule has 1 aromatic heterocycles. The average molecular weight is 366 g/mol. The van der Waals surface area contributed by atoms with Gasteiger partial charge in [-0.15, -0.1) is 0 Å². The second-order valence-electron chi connectivity index (χ2n) is 6.13. The molecular weight excluding hydrogens is 350 g/mol. The highest BCUT2D eigenvalue weighted by atomic mass is 35.5. The summed E-state index contributed by atoms with van der Waals surface area (Å²) in [5.41, 5.74) is 2.91. The minimum atomic E-state index is -0.534. The first-order chi connectivity index (χ1) is 12.6. The predicted molar refractivity (Wildman–Crippen MR) is 102 cm³/mol. The normalized spacial score (nSPS) is 15.9. The lowest BCUT2D eigenvalue weighted by atomic mass is 9.89. The second kappa shape index (κ2) is 6.69. The summed E-state index contributed by atoms with van der Waals surface area (Å²) in [5, 5.41) is 6.35. The van der Waals surface area contributed by atoms with Crippen LogP contribution in [0.5, 0.6) is 0 Å². The summed E-state index contributed by atoms with van der Waals surface area (Å²) in [7, 11) is 0. The van der Waals surface area contributed by atoms with Gasteiger partial charge < -0.3 is 15.2 Å². The quantitative estimate of drug-likeness (QED) is 0.730. The summed E-state index contributed by atoms with van der Waals surface area (Å²) in [5.74, 6) is -0.915. The van der Waals surface area contributed by atoms with Crippen molar-refractivity contribution in [3.8, 4) is 5.69 Å². The molecule has 4 rings (SSSR count). The van der Waals surface area contributed by atoms with Gasteiger partial charge in [-0.2, -0.15) is 0 Å². The molecule has 0 aliphatic carbocycles. The van der Waals surface area contributed by atoms with Crippen molar-refractivity contribution in [3.05, 3.63) is 77.6 Å². The summed E-state index contributed by atoms with van der Waals surface area (Å²) in [6.07, 6.45) is 3.88. The van der Waals surface area contributed by atoms with Crippen LogP contribution in [0.3, 0.4) is 0 Å². The van der Waals surface area contributed by atoms with Crippen molar-refractivity contribution in [1.29, 1.82) is 0 Å². The minimum Gasteiger partial charge on any atom is -0.326 e. The number of amides is 2. The molecular formula is C20H16ClN3O2. The minimum absolute atomic E-state index is 0.120. The molecule has 1 unspecified atom stereocenters. The zero-order valence-corrected chi connectivity index (χ0v) is 14.5. The number of carbonyl (C=O) groups excluding carboxylic acids is 2. The number of benzene rings is 2. The van der Waals surface area contributed by atoms with Crippen molar-refractivity contribution in [2.75, 3.05) is 10.6 Å². The van der Waals surface area contributed by atoms with Crippen LogP contribution >= 0.6 is 11.6 Å². The number of rotatable bonds is 3. The van der Waals surface area contributed by atoms with Gasteiger partial charge in [0.1, 0.15) is 0 Å². The molecule has 2 amide bonds. The molecule has 3 aromatic rings. The molecule has 26 heavy (non-hydrogen) atoms. The molecule has 2 heterocycles. The van der Waals surface area contributed by atoms with Gasteiger partial charge in [0.2, 0.25) is 11.8 Å². The number of nitrogens with one attached hydrogen (secondary N) is 2. The molecule has 1 atom stereocenters. The Morgan fingerprint density at radius 3 is 2.69 bits per heavy atom. The topological polar surface area (TPSA) is 63.1 Å². The van der Waals surface area contributed by atoms with E-state index in [9.17, 15) is 9.59 Å². The molecule has 0 spiro atoms. The number of anilines is 2. The maximum Gasteiger partial charge on any atom is 0.232 e. The van der Waals surface area contributed by atoms with Gasteiger partial charge in [-0.3, -0.25) is 9.59 Å². The van der Waals surface area contributed by atoms with E-state index in [2.05, 4.69) is 10.6 Å². The number of hydrogen-bond acceptors (Lipinski definition) is 2. The Balaban J connectivity index is 1.67. The Morgan fingerprint density at radius 1 is 1.12 bits per heavy atom. The van der Waals surface area contributed by atoms with Crippen LogP contribution in [0.4, 0.5) is 11.4 Å². The monoisotopic (exact) mass is 365 g/mol. The number of nitrogens with zero attached hydrogens (tertiary/aromatic N) is 1. The third-order valence-corrected chi connectivity index (χ3v) is 4.65. The van der Waals surface area contributed by atoms with Crippen LogP contribution in [0.1, 0.15) is 17.9 Å². The number of fused-ring (bicyclic) bond motifs is 1. The molecule has 0 saturated heterocycles. The Hall–Kier alpha value is -3.05. The van der Waals surface area contributed by atoms with Crippen molar-refractivity contribution in [2.45, 2.75) is 12.3 Å². The van der Waals surface area contributed by atoms with Crippen LogP contribution in [0.25, 0.3) is 5.69 Å². The zero-order chi connectivity index (χ0) is 18.1. The molecule has 130 valence electrons. The Bertz CT molecular complexity index is 982. The Morgan fingerprint density at radius 2 is 1.88 bits per heavy atom. The first kappa shape index (κ1) is 16.4. The molecule has 2 aromatic carbocycles. The largest absolute Gasteiger partial charge is 0.326 e. The average Bonchev–Trinajstić information content (AvgIpc) is 3.17. The summed E-state index contributed by atoms with van der Waals surface area (Å²) < 4.78 is 1.88. The molecule has 6 heteroatoms. The van der Waals surface area contributed by atoms with E-state index in [1.807, 2.05) is 47.3 Å². The van der Waals surface area contributed by atoms with Crippen LogP contribution in [0.2, 0.25) is 5.02 Å². The molecule has 0 radical (unpaired) electrons. The summed E-state index contributed by atoms with van der Waals surface area (Å²) in [6, 6.07) is 16.5. The molecule has 1 aliphatic heterocycles. The van der Waals surface area contributed by atoms with E-state index < -0.39 is 5.92 Å².